The molecular formula is C21H37IN4O3. The second-order valence-corrected chi connectivity index (χ2v) is 7.23. The number of hydrogen-bond acceptors (Lipinski definition) is 4. The number of carbonyl (C=O) groups excluding carboxylic acids is 1. The number of likely N-dealkylation sites (N-methyl/N-ethyl adjacent to an activating group) is 1. The highest BCUT2D eigenvalue weighted by molar-refractivity contribution is 14.0. The Bertz CT molecular complexity index is 592. The topological polar surface area (TPSA) is 75.2 Å². The molecule has 0 aromatic heterocycles. The summed E-state index contributed by atoms with van der Waals surface area (Å²) in [6.07, 6.45) is 1.73. The zero-order chi connectivity index (χ0) is 20.8. The van der Waals surface area contributed by atoms with E-state index in [1.807, 2.05) is 24.3 Å². The number of carbonyl (C=O) groups is 1. The average molecular weight is 520 g/mol. The molecule has 29 heavy (non-hydrogen) atoms. The van der Waals surface area contributed by atoms with Crippen molar-refractivity contribution in [2.24, 2.45) is 10.9 Å². The van der Waals surface area contributed by atoms with Crippen LogP contribution in [0.5, 0.6) is 5.75 Å². The van der Waals surface area contributed by atoms with Crippen LogP contribution in [0.3, 0.4) is 0 Å². The van der Waals surface area contributed by atoms with Crippen molar-refractivity contribution in [3.05, 3.63) is 29.8 Å². The minimum absolute atomic E-state index is 0. The van der Waals surface area contributed by atoms with Gasteiger partial charge in [0, 0.05) is 40.4 Å². The average Bonchev–Trinajstić information content (AvgIpc) is 2.68. The van der Waals surface area contributed by atoms with Gasteiger partial charge in [0.1, 0.15) is 12.3 Å². The standard InChI is InChI=1S/C21H36N4O3.HI/c1-17(2)16-28-14-6-12-22-21(24-15-20(26)25(3)4)23-13-11-18-7-9-19(27-5)10-8-18;/h7-10,17H,6,11-16H2,1-5H3,(H2,22,23,24);1H. The van der Waals surface area contributed by atoms with Gasteiger partial charge in [0.2, 0.25) is 5.91 Å². The highest BCUT2D eigenvalue weighted by Crippen LogP contribution is 2.11. The van der Waals surface area contributed by atoms with Crippen molar-refractivity contribution in [3.63, 3.8) is 0 Å². The van der Waals surface area contributed by atoms with Crippen LogP contribution in [0.1, 0.15) is 25.8 Å². The molecule has 1 rings (SSSR count). The third-order valence-electron chi connectivity index (χ3n) is 3.95. The van der Waals surface area contributed by atoms with Gasteiger partial charge in [-0.3, -0.25) is 4.79 Å². The Morgan fingerprint density at radius 1 is 1.14 bits per heavy atom. The number of nitrogens with one attached hydrogen (secondary N) is 2. The number of rotatable bonds is 12. The molecule has 0 heterocycles. The highest BCUT2D eigenvalue weighted by Gasteiger charge is 2.05. The summed E-state index contributed by atoms with van der Waals surface area (Å²) in [5.41, 5.74) is 1.21. The van der Waals surface area contributed by atoms with Gasteiger partial charge >= 0.3 is 0 Å². The molecule has 0 saturated carbocycles. The van der Waals surface area contributed by atoms with E-state index < -0.39 is 0 Å². The number of amides is 1. The fraction of sp³-hybridized carbons (Fsp3) is 0.619. The molecule has 0 unspecified atom stereocenters. The minimum Gasteiger partial charge on any atom is -0.497 e. The van der Waals surface area contributed by atoms with Crippen molar-refractivity contribution in [3.8, 4) is 5.75 Å². The summed E-state index contributed by atoms with van der Waals surface area (Å²) in [7, 11) is 5.12. The Labute approximate surface area is 192 Å². The molecule has 2 N–H and O–H groups in total. The first kappa shape index (κ1) is 27.5. The van der Waals surface area contributed by atoms with Gasteiger partial charge in [-0.15, -0.1) is 24.0 Å². The molecule has 166 valence electrons. The van der Waals surface area contributed by atoms with Crippen molar-refractivity contribution in [2.45, 2.75) is 26.7 Å². The molecule has 1 aromatic carbocycles. The third kappa shape index (κ3) is 13.3. The Morgan fingerprint density at radius 2 is 1.79 bits per heavy atom. The lowest BCUT2D eigenvalue weighted by atomic mass is 10.1. The number of benzene rings is 1. The number of methoxy groups -OCH3 is 1. The van der Waals surface area contributed by atoms with Crippen LogP contribution in [0.2, 0.25) is 0 Å². The normalized spacial score (nSPS) is 11.0. The van der Waals surface area contributed by atoms with Crippen LogP contribution >= 0.6 is 24.0 Å². The van der Waals surface area contributed by atoms with E-state index in [9.17, 15) is 4.79 Å². The van der Waals surface area contributed by atoms with Crippen molar-refractivity contribution in [2.75, 3.05) is 54.1 Å². The maximum Gasteiger partial charge on any atom is 0.243 e. The van der Waals surface area contributed by atoms with Gasteiger partial charge in [-0.2, -0.15) is 0 Å². The first-order valence-electron chi connectivity index (χ1n) is 9.85. The molecule has 1 amide bonds. The molecule has 8 heteroatoms. The van der Waals surface area contributed by atoms with Crippen LogP contribution in [0.25, 0.3) is 0 Å². The molecule has 0 bridgehead atoms. The van der Waals surface area contributed by atoms with Crippen LogP contribution < -0.4 is 15.4 Å². The number of hydrogen-bond donors (Lipinski definition) is 2. The SMILES string of the molecule is COc1ccc(CCNC(=NCC(=O)N(C)C)NCCCOCC(C)C)cc1.I. The molecule has 0 spiro atoms. The Kier molecular flexibility index (Phi) is 15.4. The maximum atomic E-state index is 11.8. The van der Waals surface area contributed by atoms with Crippen LogP contribution in [0.15, 0.2) is 29.3 Å². The molecule has 0 fully saturated rings. The van der Waals surface area contributed by atoms with Gasteiger partial charge in [0.05, 0.1) is 7.11 Å². The first-order valence-corrected chi connectivity index (χ1v) is 9.85. The summed E-state index contributed by atoms with van der Waals surface area (Å²) in [5, 5.41) is 6.57. The van der Waals surface area contributed by atoms with Crippen molar-refractivity contribution in [1.29, 1.82) is 0 Å². The van der Waals surface area contributed by atoms with E-state index in [4.69, 9.17) is 9.47 Å². The highest BCUT2D eigenvalue weighted by atomic mass is 127. The summed E-state index contributed by atoms with van der Waals surface area (Å²) in [6, 6.07) is 8.00. The van der Waals surface area contributed by atoms with Gasteiger partial charge in [-0.05, 0) is 36.5 Å². The molecular weight excluding hydrogens is 483 g/mol. The van der Waals surface area contributed by atoms with Crippen molar-refractivity contribution in [1.82, 2.24) is 15.5 Å². The monoisotopic (exact) mass is 520 g/mol. The fourth-order valence-corrected chi connectivity index (χ4v) is 2.28. The van der Waals surface area contributed by atoms with E-state index in [0.29, 0.717) is 18.5 Å². The van der Waals surface area contributed by atoms with E-state index in [1.165, 1.54) is 10.5 Å². The van der Waals surface area contributed by atoms with E-state index in [0.717, 1.165) is 38.3 Å². The number of aliphatic imine (C=N–C) groups is 1. The molecule has 1 aromatic rings. The quantitative estimate of drug-likeness (QED) is 0.192. The van der Waals surface area contributed by atoms with Crippen molar-refractivity contribution >= 4 is 35.8 Å². The van der Waals surface area contributed by atoms with Crippen LogP contribution in [-0.4, -0.2) is 70.8 Å². The summed E-state index contributed by atoms with van der Waals surface area (Å²) in [6.45, 7) is 7.34. The van der Waals surface area contributed by atoms with Gasteiger partial charge in [-0.1, -0.05) is 26.0 Å². The zero-order valence-electron chi connectivity index (χ0n) is 18.4. The third-order valence-corrected chi connectivity index (χ3v) is 3.95. The zero-order valence-corrected chi connectivity index (χ0v) is 20.7. The molecule has 0 atom stereocenters. The van der Waals surface area contributed by atoms with Crippen LogP contribution in [0, 0.1) is 5.92 Å². The molecule has 7 nitrogen and oxygen atoms in total. The van der Waals surface area contributed by atoms with Gasteiger partial charge in [0.15, 0.2) is 5.96 Å². The summed E-state index contributed by atoms with van der Waals surface area (Å²) < 4.78 is 10.8. The number of ether oxygens (including phenoxy) is 2. The molecule has 0 radical (unpaired) electrons. The van der Waals surface area contributed by atoms with E-state index in [2.05, 4.69) is 29.5 Å². The maximum absolute atomic E-state index is 11.8. The van der Waals surface area contributed by atoms with Gasteiger partial charge in [0.25, 0.3) is 0 Å². The molecule has 0 saturated heterocycles. The summed E-state index contributed by atoms with van der Waals surface area (Å²) >= 11 is 0. The summed E-state index contributed by atoms with van der Waals surface area (Å²) in [5.74, 6) is 2.01. The smallest absolute Gasteiger partial charge is 0.243 e. The van der Waals surface area contributed by atoms with E-state index in [-0.39, 0.29) is 36.4 Å². The minimum atomic E-state index is -0.0310. The lowest BCUT2D eigenvalue weighted by Crippen LogP contribution is -2.40. The second kappa shape index (κ2) is 16.3. The number of guanidine groups is 1. The Balaban J connectivity index is 0.00000784. The lowest BCUT2D eigenvalue weighted by molar-refractivity contribution is -0.127. The molecule has 0 aliphatic carbocycles. The first-order chi connectivity index (χ1) is 13.4. The van der Waals surface area contributed by atoms with E-state index >= 15 is 0 Å². The van der Waals surface area contributed by atoms with Gasteiger partial charge in [-0.25, -0.2) is 4.99 Å². The van der Waals surface area contributed by atoms with Crippen molar-refractivity contribution < 1.29 is 14.3 Å². The largest absolute Gasteiger partial charge is 0.497 e. The van der Waals surface area contributed by atoms with E-state index in [1.54, 1.807) is 21.2 Å². The molecule has 0 aliphatic rings. The summed E-state index contributed by atoms with van der Waals surface area (Å²) in [4.78, 5) is 17.7. The second-order valence-electron chi connectivity index (χ2n) is 7.23. The predicted molar refractivity (Wildman–Crippen MR) is 129 cm³/mol. The number of nitrogens with zero attached hydrogens (tertiary/aromatic N) is 2. The Morgan fingerprint density at radius 3 is 2.38 bits per heavy atom. The van der Waals surface area contributed by atoms with Crippen LogP contribution in [-0.2, 0) is 16.0 Å². The predicted octanol–water partition coefficient (Wildman–Crippen LogP) is 2.54. The van der Waals surface area contributed by atoms with Gasteiger partial charge < -0.3 is 25.0 Å². The lowest BCUT2D eigenvalue weighted by Gasteiger charge is -2.14. The fourth-order valence-electron chi connectivity index (χ4n) is 2.28. The Hall–Kier alpha value is -1.55. The number of halogens is 1. The molecule has 0 aliphatic heterocycles. The van der Waals surface area contributed by atoms with Crippen LogP contribution in [0.4, 0.5) is 0 Å².